The summed E-state index contributed by atoms with van der Waals surface area (Å²) < 4.78 is 25.3. The van der Waals surface area contributed by atoms with Crippen LogP contribution in [0.1, 0.15) is 11.6 Å². The van der Waals surface area contributed by atoms with E-state index in [1.807, 2.05) is 0 Å². The number of pyridine rings is 1. The van der Waals surface area contributed by atoms with Gasteiger partial charge in [-0.05, 0) is 6.07 Å². The first kappa shape index (κ1) is 13.3. The summed E-state index contributed by atoms with van der Waals surface area (Å²) in [5.74, 6) is -0.116. The molecule has 0 saturated heterocycles. The Balaban J connectivity index is 2.46. The summed E-state index contributed by atoms with van der Waals surface area (Å²) in [6.45, 7) is 0.294. The largest absolute Gasteiger partial charge is 0.481 e. The molecule has 2 aromatic heterocycles. The van der Waals surface area contributed by atoms with Crippen LogP contribution in [0, 0.1) is 5.82 Å². The molecule has 0 bridgehead atoms. The molecule has 0 fully saturated rings. The fraction of sp³-hybridized carbons (Fsp3) is 0.333. The molecule has 0 aliphatic heterocycles. The fourth-order valence-corrected chi connectivity index (χ4v) is 1.84. The molecule has 6 nitrogen and oxygen atoms in total. The van der Waals surface area contributed by atoms with E-state index in [4.69, 9.17) is 15.2 Å². The molecule has 0 radical (unpaired) electrons. The van der Waals surface area contributed by atoms with E-state index in [9.17, 15) is 4.39 Å². The number of halogens is 1. The van der Waals surface area contributed by atoms with Gasteiger partial charge in [0.25, 0.3) is 0 Å². The lowest BCUT2D eigenvalue weighted by Crippen LogP contribution is -2.18. The monoisotopic (exact) mass is 266 g/mol. The van der Waals surface area contributed by atoms with E-state index in [0.717, 1.165) is 6.20 Å². The van der Waals surface area contributed by atoms with Gasteiger partial charge in [-0.3, -0.25) is 4.68 Å². The molecule has 0 saturated carbocycles. The molecule has 2 N–H and O–H groups in total. The van der Waals surface area contributed by atoms with Crippen LogP contribution in [-0.2, 0) is 4.74 Å². The highest BCUT2D eigenvalue weighted by Crippen LogP contribution is 2.27. The molecule has 1 atom stereocenters. The predicted molar refractivity (Wildman–Crippen MR) is 67.4 cm³/mol. The first-order valence-electron chi connectivity index (χ1n) is 5.63. The minimum atomic E-state index is -0.447. The minimum absolute atomic E-state index is 0.294. The molecule has 2 rings (SSSR count). The second-order valence-electron chi connectivity index (χ2n) is 3.98. The van der Waals surface area contributed by atoms with Gasteiger partial charge in [0, 0.05) is 18.9 Å². The molecule has 2 aromatic rings. The third kappa shape index (κ3) is 2.82. The zero-order chi connectivity index (χ0) is 13.8. The molecule has 1 unspecified atom stereocenters. The molecule has 2 heterocycles. The molecule has 102 valence electrons. The second kappa shape index (κ2) is 5.66. The number of rotatable bonds is 5. The molecule has 0 spiro atoms. The number of anilines is 1. The van der Waals surface area contributed by atoms with E-state index in [0.29, 0.717) is 23.7 Å². The highest BCUT2D eigenvalue weighted by atomic mass is 19.1. The Morgan fingerprint density at radius 2 is 2.21 bits per heavy atom. The van der Waals surface area contributed by atoms with Gasteiger partial charge in [0.1, 0.15) is 11.9 Å². The summed E-state index contributed by atoms with van der Waals surface area (Å²) in [6, 6.07) is 0.994. The van der Waals surface area contributed by atoms with Crippen LogP contribution in [0.2, 0.25) is 0 Å². The van der Waals surface area contributed by atoms with E-state index in [1.165, 1.54) is 19.4 Å². The number of methoxy groups -OCH3 is 2. The summed E-state index contributed by atoms with van der Waals surface area (Å²) in [5.41, 5.74) is 6.71. The molecular weight excluding hydrogens is 251 g/mol. The van der Waals surface area contributed by atoms with E-state index >= 15 is 0 Å². The van der Waals surface area contributed by atoms with Crippen LogP contribution in [0.15, 0.2) is 24.7 Å². The van der Waals surface area contributed by atoms with Crippen molar-refractivity contribution < 1.29 is 13.9 Å². The van der Waals surface area contributed by atoms with Crippen molar-refractivity contribution in [1.82, 2.24) is 14.8 Å². The maximum atomic E-state index is 13.4. The molecule has 0 aromatic carbocycles. The maximum absolute atomic E-state index is 13.4. The summed E-state index contributed by atoms with van der Waals surface area (Å²) in [4.78, 5) is 3.91. The van der Waals surface area contributed by atoms with E-state index in [2.05, 4.69) is 10.1 Å². The molecule has 0 amide bonds. The van der Waals surface area contributed by atoms with Crippen molar-refractivity contribution in [2.75, 3.05) is 26.6 Å². The van der Waals surface area contributed by atoms with Gasteiger partial charge in [-0.15, -0.1) is 0 Å². The van der Waals surface area contributed by atoms with Crippen molar-refractivity contribution in [2.24, 2.45) is 0 Å². The lowest BCUT2D eigenvalue weighted by molar-refractivity contribution is 0.162. The van der Waals surface area contributed by atoms with Crippen LogP contribution < -0.4 is 10.5 Å². The van der Waals surface area contributed by atoms with E-state index in [1.54, 1.807) is 18.0 Å². The van der Waals surface area contributed by atoms with Gasteiger partial charge in [0.05, 0.1) is 31.8 Å². The van der Waals surface area contributed by atoms with Gasteiger partial charge in [-0.2, -0.15) is 5.10 Å². The third-order valence-electron chi connectivity index (χ3n) is 2.66. The quantitative estimate of drug-likeness (QED) is 0.881. The molecule has 19 heavy (non-hydrogen) atoms. The summed E-state index contributed by atoms with van der Waals surface area (Å²) in [7, 11) is 3.03. The topological polar surface area (TPSA) is 75.2 Å². The van der Waals surface area contributed by atoms with Gasteiger partial charge in [-0.25, -0.2) is 9.37 Å². The van der Waals surface area contributed by atoms with Gasteiger partial charge < -0.3 is 15.2 Å². The van der Waals surface area contributed by atoms with Gasteiger partial charge in [-0.1, -0.05) is 0 Å². The average Bonchev–Trinajstić information content (AvgIpc) is 2.82. The van der Waals surface area contributed by atoms with Crippen molar-refractivity contribution in [3.8, 4) is 5.88 Å². The van der Waals surface area contributed by atoms with Crippen molar-refractivity contribution in [3.63, 3.8) is 0 Å². The van der Waals surface area contributed by atoms with Crippen molar-refractivity contribution in [3.05, 3.63) is 36.0 Å². The Labute approximate surface area is 110 Å². The molecule has 0 aliphatic carbocycles. The normalized spacial score (nSPS) is 12.4. The zero-order valence-electron chi connectivity index (χ0n) is 10.7. The Kier molecular flexibility index (Phi) is 3.96. The Bertz CT molecular complexity index is 558. The maximum Gasteiger partial charge on any atom is 0.218 e. The molecule has 7 heteroatoms. The number of nitrogens with two attached hydrogens (primary N) is 1. The van der Waals surface area contributed by atoms with Gasteiger partial charge in [0.15, 0.2) is 0 Å². The van der Waals surface area contributed by atoms with E-state index in [-0.39, 0.29) is 6.04 Å². The summed E-state index contributed by atoms with van der Waals surface area (Å²) >= 11 is 0. The lowest BCUT2D eigenvalue weighted by atomic mass is 10.1. The average molecular weight is 266 g/mol. The molecular formula is C12H15FN4O2. The number of nitrogens with zero attached hydrogens (tertiary/aromatic N) is 3. The van der Waals surface area contributed by atoms with Crippen LogP contribution >= 0.6 is 0 Å². The number of nitrogen functional groups attached to an aromatic ring is 1. The number of hydrogen-bond acceptors (Lipinski definition) is 5. The van der Waals surface area contributed by atoms with Crippen LogP contribution in [-0.4, -0.2) is 35.6 Å². The standard InChI is InChI=1S/C12H15FN4O2/c1-18-7-11(17-6-9(14)5-16-17)10-3-8(13)4-15-12(10)19-2/h3-6,11H,7,14H2,1-2H3. The Morgan fingerprint density at radius 3 is 2.79 bits per heavy atom. The predicted octanol–water partition coefficient (Wildman–Crippen LogP) is 1.24. The number of aromatic nitrogens is 3. The first-order valence-corrected chi connectivity index (χ1v) is 5.63. The van der Waals surface area contributed by atoms with Crippen molar-refractivity contribution in [2.45, 2.75) is 6.04 Å². The van der Waals surface area contributed by atoms with Crippen LogP contribution in [0.4, 0.5) is 10.1 Å². The van der Waals surface area contributed by atoms with Crippen molar-refractivity contribution >= 4 is 5.69 Å². The van der Waals surface area contributed by atoms with Crippen LogP contribution in [0.5, 0.6) is 5.88 Å². The van der Waals surface area contributed by atoms with Crippen LogP contribution in [0.3, 0.4) is 0 Å². The summed E-state index contributed by atoms with van der Waals surface area (Å²) in [5, 5.41) is 4.12. The Hall–Kier alpha value is -2.15. The highest BCUT2D eigenvalue weighted by molar-refractivity contribution is 5.34. The Morgan fingerprint density at radius 1 is 1.42 bits per heavy atom. The lowest BCUT2D eigenvalue weighted by Gasteiger charge is -2.19. The minimum Gasteiger partial charge on any atom is -0.481 e. The second-order valence-corrected chi connectivity index (χ2v) is 3.98. The fourth-order valence-electron chi connectivity index (χ4n) is 1.84. The highest BCUT2D eigenvalue weighted by Gasteiger charge is 2.21. The van der Waals surface area contributed by atoms with Gasteiger partial charge in [0.2, 0.25) is 5.88 Å². The zero-order valence-corrected chi connectivity index (χ0v) is 10.7. The number of hydrogen-bond donors (Lipinski definition) is 1. The summed E-state index contributed by atoms with van der Waals surface area (Å²) in [6.07, 6.45) is 4.26. The third-order valence-corrected chi connectivity index (χ3v) is 2.66. The smallest absolute Gasteiger partial charge is 0.218 e. The van der Waals surface area contributed by atoms with E-state index < -0.39 is 5.82 Å². The van der Waals surface area contributed by atoms with Crippen molar-refractivity contribution in [1.29, 1.82) is 0 Å². The molecule has 0 aliphatic rings. The first-order chi connectivity index (χ1) is 9.15. The van der Waals surface area contributed by atoms with Crippen LogP contribution in [0.25, 0.3) is 0 Å². The number of ether oxygens (including phenoxy) is 2. The SMILES string of the molecule is COCC(c1cc(F)cnc1OC)n1cc(N)cn1. The van der Waals surface area contributed by atoms with Gasteiger partial charge >= 0.3 is 0 Å².